The number of nitrogens with zero attached hydrogens (tertiary/aromatic N) is 2. The monoisotopic (exact) mass is 624 g/mol. The summed E-state index contributed by atoms with van der Waals surface area (Å²) in [5, 5.41) is 11.6. The zero-order valence-electron chi connectivity index (χ0n) is 26.5. The molecule has 2 amide bonds. The van der Waals surface area contributed by atoms with Gasteiger partial charge in [-0.05, 0) is 80.1 Å². The quantitative estimate of drug-likeness (QED) is 0.126. The van der Waals surface area contributed by atoms with Crippen LogP contribution < -0.4 is 4.74 Å². The second-order valence-electron chi connectivity index (χ2n) is 11.4. The third-order valence-electron chi connectivity index (χ3n) is 7.99. The van der Waals surface area contributed by atoms with Crippen molar-refractivity contribution in [2.75, 3.05) is 19.8 Å². The number of cyclic esters (lactones) is 1. The molecule has 0 saturated carbocycles. The molecule has 2 heterocycles. The maximum absolute atomic E-state index is 13.9. The Morgan fingerprint density at radius 1 is 1.07 bits per heavy atom. The number of aliphatic hydroxyl groups excluding tert-OH is 1. The lowest BCUT2D eigenvalue weighted by Gasteiger charge is -2.28. The van der Waals surface area contributed by atoms with Crippen LogP contribution in [0.1, 0.15) is 46.2 Å². The van der Waals surface area contributed by atoms with Crippen LogP contribution >= 0.6 is 0 Å². The molecule has 4 aromatic rings. The van der Waals surface area contributed by atoms with Gasteiger partial charge in [0.1, 0.15) is 24.2 Å². The molecule has 46 heavy (non-hydrogen) atoms. The predicted octanol–water partition coefficient (Wildman–Crippen LogP) is 6.47. The summed E-state index contributed by atoms with van der Waals surface area (Å²) in [5.41, 5.74) is 4.76. The Labute approximate surface area is 269 Å². The molecule has 0 aliphatic carbocycles. The highest BCUT2D eigenvalue weighted by molar-refractivity contribution is 5.96. The summed E-state index contributed by atoms with van der Waals surface area (Å²) >= 11 is 0. The maximum Gasteiger partial charge on any atom is 0.417 e. The van der Waals surface area contributed by atoms with Gasteiger partial charge in [-0.15, -0.1) is 6.58 Å². The number of imide groups is 1. The van der Waals surface area contributed by atoms with Crippen molar-refractivity contribution >= 4 is 12.0 Å². The van der Waals surface area contributed by atoms with Gasteiger partial charge in [0.05, 0.1) is 24.9 Å². The molecule has 0 radical (unpaired) electrons. The van der Waals surface area contributed by atoms with Gasteiger partial charge in [0.15, 0.2) is 6.10 Å². The lowest BCUT2D eigenvalue weighted by Crippen LogP contribution is -2.48. The highest BCUT2D eigenvalue weighted by atomic mass is 16.6. The van der Waals surface area contributed by atoms with Gasteiger partial charge in [0.2, 0.25) is 5.89 Å². The van der Waals surface area contributed by atoms with Crippen molar-refractivity contribution in [1.29, 1.82) is 0 Å². The summed E-state index contributed by atoms with van der Waals surface area (Å²) < 4.78 is 23.3. The number of ether oxygens (including phenoxy) is 3. The molecule has 9 nitrogen and oxygen atoms in total. The normalized spacial score (nSPS) is 15.8. The largest absolute Gasteiger partial charge is 0.493 e. The van der Waals surface area contributed by atoms with E-state index in [0.717, 1.165) is 38.6 Å². The van der Waals surface area contributed by atoms with Crippen LogP contribution in [0.5, 0.6) is 5.75 Å². The van der Waals surface area contributed by atoms with E-state index in [9.17, 15) is 14.7 Å². The minimum atomic E-state index is -1.34. The highest BCUT2D eigenvalue weighted by Gasteiger charge is 2.43. The summed E-state index contributed by atoms with van der Waals surface area (Å²) in [4.78, 5) is 32.4. The van der Waals surface area contributed by atoms with Crippen LogP contribution in [-0.4, -0.2) is 59.0 Å². The Bertz CT molecular complexity index is 1630. The van der Waals surface area contributed by atoms with Gasteiger partial charge in [-0.25, -0.2) is 14.7 Å². The van der Waals surface area contributed by atoms with Gasteiger partial charge in [0, 0.05) is 12.0 Å². The molecular formula is C37H40N2O7. The molecule has 3 atom stereocenters. The Morgan fingerprint density at radius 2 is 1.74 bits per heavy atom. The zero-order valence-corrected chi connectivity index (χ0v) is 26.5. The summed E-state index contributed by atoms with van der Waals surface area (Å²) in [6, 6.07) is 22.4. The number of carbonyl (C=O) groups excluding carboxylic acids is 2. The number of rotatable bonds is 14. The molecule has 0 unspecified atom stereocenters. The van der Waals surface area contributed by atoms with Crippen molar-refractivity contribution in [2.45, 2.75) is 58.3 Å². The van der Waals surface area contributed by atoms with Crippen LogP contribution in [0.15, 0.2) is 89.9 Å². The van der Waals surface area contributed by atoms with E-state index in [4.69, 9.17) is 18.6 Å². The molecule has 1 aliphatic heterocycles. The molecule has 9 heteroatoms. The number of benzene rings is 3. The number of oxazole rings is 1. The average Bonchev–Trinajstić information content (AvgIpc) is 3.62. The number of hydrogen-bond donors (Lipinski definition) is 1. The summed E-state index contributed by atoms with van der Waals surface area (Å²) in [6.45, 7) is 9.97. The molecular weight excluding hydrogens is 584 g/mol. The van der Waals surface area contributed by atoms with Crippen molar-refractivity contribution in [3.63, 3.8) is 0 Å². The van der Waals surface area contributed by atoms with Gasteiger partial charge in [0.25, 0.3) is 5.91 Å². The molecule has 1 N–H and O–H groups in total. The first-order valence-electron chi connectivity index (χ1n) is 15.5. The van der Waals surface area contributed by atoms with Crippen LogP contribution in [0.3, 0.4) is 0 Å². The second kappa shape index (κ2) is 15.0. The minimum absolute atomic E-state index is 0.0701. The van der Waals surface area contributed by atoms with E-state index in [1.54, 1.807) is 18.2 Å². The molecule has 3 aromatic carbocycles. The SMILES string of the molecule is C=CCCO[C@H](C(=O)N1C(=O)OC[C@@H]1Cc1ccccc1)[C@H](O)c1cc(C)c(OCCc2nc(-c3ccccc3)oc2C)c(C)c1. The number of aryl methyl sites for hydroxylation is 3. The standard InChI is InChI=1S/C37H40N2O7/c1-5-6-18-43-34(36(41)39-30(23-45-37(39)42)22-27-13-9-7-10-14-27)32(40)29-20-24(2)33(25(3)21-29)44-19-17-31-26(4)46-35(38-31)28-15-11-8-12-16-28/h5,7-16,20-21,30,32,34,40H,1,6,17-19,22-23H2,2-4H3/t30-,32+,34-/m0/s1. The van der Waals surface area contributed by atoms with Crippen molar-refractivity contribution in [3.05, 3.63) is 119 Å². The van der Waals surface area contributed by atoms with E-state index >= 15 is 0 Å². The molecule has 1 saturated heterocycles. The predicted molar refractivity (Wildman–Crippen MR) is 173 cm³/mol. The van der Waals surface area contributed by atoms with Crippen LogP contribution in [0, 0.1) is 20.8 Å². The average molecular weight is 625 g/mol. The summed E-state index contributed by atoms with van der Waals surface area (Å²) in [7, 11) is 0. The van der Waals surface area contributed by atoms with Crippen LogP contribution in [0.4, 0.5) is 4.79 Å². The highest BCUT2D eigenvalue weighted by Crippen LogP contribution is 2.32. The van der Waals surface area contributed by atoms with Crippen LogP contribution in [0.25, 0.3) is 11.5 Å². The lowest BCUT2D eigenvalue weighted by atomic mass is 9.97. The molecule has 0 bridgehead atoms. The Balaban J connectivity index is 1.30. The fourth-order valence-corrected chi connectivity index (χ4v) is 5.65. The Kier molecular flexibility index (Phi) is 10.7. The van der Waals surface area contributed by atoms with E-state index in [1.165, 1.54) is 0 Å². The fourth-order valence-electron chi connectivity index (χ4n) is 5.65. The third-order valence-corrected chi connectivity index (χ3v) is 7.99. The van der Waals surface area contributed by atoms with Crippen molar-refractivity contribution in [3.8, 4) is 17.2 Å². The van der Waals surface area contributed by atoms with Crippen LogP contribution in [-0.2, 0) is 27.1 Å². The minimum Gasteiger partial charge on any atom is -0.493 e. The molecule has 5 rings (SSSR count). The van der Waals surface area contributed by atoms with E-state index < -0.39 is 30.3 Å². The molecule has 1 aromatic heterocycles. The molecule has 1 fully saturated rings. The third kappa shape index (κ3) is 7.55. The lowest BCUT2D eigenvalue weighted by molar-refractivity contribution is -0.150. The first-order valence-corrected chi connectivity index (χ1v) is 15.5. The first-order chi connectivity index (χ1) is 22.3. The number of carbonyl (C=O) groups is 2. The maximum atomic E-state index is 13.9. The van der Waals surface area contributed by atoms with Crippen molar-refractivity contribution in [2.24, 2.45) is 0 Å². The number of hydrogen-bond acceptors (Lipinski definition) is 8. The van der Waals surface area contributed by atoms with E-state index in [2.05, 4.69) is 11.6 Å². The second-order valence-corrected chi connectivity index (χ2v) is 11.4. The van der Waals surface area contributed by atoms with Gasteiger partial charge in [-0.1, -0.05) is 54.6 Å². The summed E-state index contributed by atoms with van der Waals surface area (Å²) in [6.07, 6.45) is -0.303. The zero-order chi connectivity index (χ0) is 32.6. The number of aromatic nitrogens is 1. The topological polar surface area (TPSA) is 111 Å². The molecule has 1 aliphatic rings. The van der Waals surface area contributed by atoms with Gasteiger partial charge < -0.3 is 23.7 Å². The molecule has 240 valence electrons. The van der Waals surface area contributed by atoms with E-state index in [1.807, 2.05) is 81.4 Å². The van der Waals surface area contributed by atoms with Crippen molar-refractivity contribution in [1.82, 2.24) is 9.88 Å². The Hall–Kier alpha value is -4.73. The van der Waals surface area contributed by atoms with Gasteiger partial charge >= 0.3 is 6.09 Å². The van der Waals surface area contributed by atoms with Crippen LogP contribution in [0.2, 0.25) is 0 Å². The van der Waals surface area contributed by atoms with E-state index in [-0.39, 0.29) is 13.2 Å². The number of aliphatic hydroxyl groups is 1. The number of amides is 2. The first kappa shape index (κ1) is 32.7. The van der Waals surface area contributed by atoms with Crippen molar-refractivity contribution < 1.29 is 33.3 Å². The van der Waals surface area contributed by atoms with Gasteiger partial charge in [-0.2, -0.15) is 0 Å². The summed E-state index contributed by atoms with van der Waals surface area (Å²) in [5.74, 6) is 1.36. The van der Waals surface area contributed by atoms with Gasteiger partial charge in [-0.3, -0.25) is 4.79 Å². The molecule has 0 spiro atoms. The smallest absolute Gasteiger partial charge is 0.417 e. The Morgan fingerprint density at radius 3 is 2.41 bits per heavy atom. The fraction of sp³-hybridized carbons (Fsp3) is 0.324. The van der Waals surface area contributed by atoms with E-state index in [0.29, 0.717) is 43.1 Å².